The monoisotopic (exact) mass is 427 g/mol. The molecule has 0 unspecified atom stereocenters. The number of anilines is 1. The fourth-order valence-corrected chi connectivity index (χ4v) is 2.92. The average Bonchev–Trinajstić information content (AvgIpc) is 2.72. The van der Waals surface area contributed by atoms with Crippen LogP contribution in [0.1, 0.15) is 31.1 Å². The highest BCUT2D eigenvalue weighted by atomic mass is 35.5. The van der Waals surface area contributed by atoms with Gasteiger partial charge in [0.05, 0.1) is 10.6 Å². The van der Waals surface area contributed by atoms with Gasteiger partial charge in [-0.3, -0.25) is 25.2 Å². The number of benzene rings is 3. The SMILES string of the molecule is O=C(NNC(=O)c1ccc(NC(=O)c2ccc(Cl)cc2Cl)cc1)c1ccccc1. The van der Waals surface area contributed by atoms with Gasteiger partial charge in [0.25, 0.3) is 17.7 Å². The first-order chi connectivity index (χ1) is 13.9. The smallest absolute Gasteiger partial charge is 0.269 e. The summed E-state index contributed by atoms with van der Waals surface area (Å²) in [6.07, 6.45) is 0. The van der Waals surface area contributed by atoms with Gasteiger partial charge in [0.15, 0.2) is 0 Å². The van der Waals surface area contributed by atoms with Gasteiger partial charge in [-0.25, -0.2) is 0 Å². The van der Waals surface area contributed by atoms with Gasteiger partial charge in [0.2, 0.25) is 0 Å². The minimum Gasteiger partial charge on any atom is -0.322 e. The van der Waals surface area contributed by atoms with E-state index in [4.69, 9.17) is 23.2 Å². The molecule has 29 heavy (non-hydrogen) atoms. The standard InChI is InChI=1S/C21H15Cl2N3O3/c22-15-8-11-17(18(23)12-15)21(29)24-16-9-6-14(7-10-16)20(28)26-25-19(27)13-4-2-1-3-5-13/h1-12H,(H,24,29)(H,25,27)(H,26,28). The Bertz CT molecular complexity index is 1050. The second-order valence-electron chi connectivity index (χ2n) is 5.93. The second kappa shape index (κ2) is 9.23. The highest BCUT2D eigenvalue weighted by molar-refractivity contribution is 6.37. The van der Waals surface area contributed by atoms with Gasteiger partial charge in [-0.05, 0) is 54.6 Å². The van der Waals surface area contributed by atoms with E-state index in [2.05, 4.69) is 16.2 Å². The summed E-state index contributed by atoms with van der Waals surface area (Å²) >= 11 is 11.9. The van der Waals surface area contributed by atoms with E-state index in [1.54, 1.807) is 48.5 Å². The summed E-state index contributed by atoms with van der Waals surface area (Å²) in [5.74, 6) is -1.32. The van der Waals surface area contributed by atoms with Crippen LogP contribution in [-0.4, -0.2) is 17.7 Å². The largest absolute Gasteiger partial charge is 0.322 e. The number of halogens is 2. The van der Waals surface area contributed by atoms with Crippen LogP contribution < -0.4 is 16.2 Å². The zero-order valence-electron chi connectivity index (χ0n) is 14.9. The third kappa shape index (κ3) is 5.34. The highest BCUT2D eigenvalue weighted by Gasteiger charge is 2.12. The van der Waals surface area contributed by atoms with Gasteiger partial charge in [-0.15, -0.1) is 0 Å². The second-order valence-corrected chi connectivity index (χ2v) is 6.77. The molecule has 0 atom stereocenters. The molecule has 146 valence electrons. The molecule has 0 fully saturated rings. The quantitative estimate of drug-likeness (QED) is 0.541. The summed E-state index contributed by atoms with van der Waals surface area (Å²) in [4.78, 5) is 36.4. The first-order valence-corrected chi connectivity index (χ1v) is 9.22. The Morgan fingerprint density at radius 3 is 1.83 bits per heavy atom. The molecule has 3 amide bonds. The summed E-state index contributed by atoms with van der Waals surface area (Å²) in [7, 11) is 0. The molecular formula is C21H15Cl2N3O3. The van der Waals surface area contributed by atoms with Crippen molar-refractivity contribution in [2.45, 2.75) is 0 Å². The molecule has 0 aromatic heterocycles. The van der Waals surface area contributed by atoms with Crippen molar-refractivity contribution in [1.82, 2.24) is 10.9 Å². The molecule has 0 saturated carbocycles. The normalized spacial score (nSPS) is 10.1. The van der Waals surface area contributed by atoms with Gasteiger partial charge in [0, 0.05) is 21.8 Å². The molecule has 0 radical (unpaired) electrons. The minimum atomic E-state index is -0.493. The molecular weight excluding hydrogens is 413 g/mol. The van der Waals surface area contributed by atoms with E-state index in [0.717, 1.165) is 0 Å². The third-order valence-corrected chi connectivity index (χ3v) is 4.45. The molecule has 3 aromatic rings. The molecule has 6 nitrogen and oxygen atoms in total. The Balaban J connectivity index is 1.58. The predicted octanol–water partition coefficient (Wildman–Crippen LogP) is 4.32. The molecule has 0 aliphatic rings. The van der Waals surface area contributed by atoms with Gasteiger partial charge in [0.1, 0.15) is 0 Å². The maximum atomic E-state index is 12.3. The van der Waals surface area contributed by atoms with Gasteiger partial charge >= 0.3 is 0 Å². The van der Waals surface area contributed by atoms with Crippen molar-refractivity contribution in [1.29, 1.82) is 0 Å². The van der Waals surface area contributed by atoms with Crippen LogP contribution >= 0.6 is 23.2 Å². The van der Waals surface area contributed by atoms with Crippen LogP contribution in [0.25, 0.3) is 0 Å². The Morgan fingerprint density at radius 2 is 1.24 bits per heavy atom. The lowest BCUT2D eigenvalue weighted by atomic mass is 10.1. The number of hydrogen-bond acceptors (Lipinski definition) is 3. The molecule has 8 heteroatoms. The Hall–Kier alpha value is -3.35. The summed E-state index contributed by atoms with van der Waals surface area (Å²) < 4.78 is 0. The summed E-state index contributed by atoms with van der Waals surface area (Å²) in [5, 5.41) is 3.36. The van der Waals surface area contributed by atoms with E-state index >= 15 is 0 Å². The van der Waals surface area contributed by atoms with E-state index in [0.29, 0.717) is 21.8 Å². The number of nitrogens with one attached hydrogen (secondary N) is 3. The number of carbonyl (C=O) groups excluding carboxylic acids is 3. The molecule has 3 rings (SSSR count). The average molecular weight is 428 g/mol. The van der Waals surface area contributed by atoms with E-state index in [1.807, 2.05) is 0 Å². The lowest BCUT2D eigenvalue weighted by molar-refractivity contribution is 0.0846. The molecule has 3 N–H and O–H groups in total. The fraction of sp³-hybridized carbons (Fsp3) is 0. The van der Waals surface area contributed by atoms with Gasteiger partial charge in [-0.1, -0.05) is 41.4 Å². The minimum absolute atomic E-state index is 0.236. The first kappa shape index (κ1) is 20.4. The number of hydrogen-bond donors (Lipinski definition) is 3. The summed E-state index contributed by atoms with van der Waals surface area (Å²) in [5.41, 5.74) is 6.17. The van der Waals surface area contributed by atoms with Crippen molar-refractivity contribution in [3.63, 3.8) is 0 Å². The topological polar surface area (TPSA) is 87.3 Å². The molecule has 0 heterocycles. The van der Waals surface area contributed by atoms with E-state index in [1.165, 1.54) is 24.3 Å². The maximum Gasteiger partial charge on any atom is 0.269 e. The Morgan fingerprint density at radius 1 is 0.655 bits per heavy atom. The van der Waals surface area contributed by atoms with Crippen molar-refractivity contribution in [3.8, 4) is 0 Å². The zero-order chi connectivity index (χ0) is 20.8. The number of rotatable bonds is 4. The molecule has 0 aliphatic carbocycles. The maximum absolute atomic E-state index is 12.3. The van der Waals surface area contributed by atoms with Crippen LogP contribution in [0.2, 0.25) is 10.0 Å². The van der Waals surface area contributed by atoms with Crippen molar-refractivity contribution in [2.24, 2.45) is 0 Å². The lowest BCUT2D eigenvalue weighted by Gasteiger charge is -2.09. The van der Waals surface area contributed by atoms with Crippen molar-refractivity contribution >= 4 is 46.6 Å². The third-order valence-electron chi connectivity index (χ3n) is 3.91. The van der Waals surface area contributed by atoms with Gasteiger partial charge < -0.3 is 5.32 Å². The predicted molar refractivity (Wildman–Crippen MR) is 112 cm³/mol. The lowest BCUT2D eigenvalue weighted by Crippen LogP contribution is -2.41. The van der Waals surface area contributed by atoms with Crippen LogP contribution in [0.3, 0.4) is 0 Å². The molecule has 0 bridgehead atoms. The van der Waals surface area contributed by atoms with E-state index < -0.39 is 17.7 Å². The van der Waals surface area contributed by atoms with E-state index in [-0.39, 0.29) is 10.6 Å². The highest BCUT2D eigenvalue weighted by Crippen LogP contribution is 2.22. The van der Waals surface area contributed by atoms with Crippen LogP contribution in [0.4, 0.5) is 5.69 Å². The van der Waals surface area contributed by atoms with Crippen molar-refractivity contribution < 1.29 is 14.4 Å². The molecule has 0 saturated heterocycles. The number of carbonyl (C=O) groups is 3. The van der Waals surface area contributed by atoms with Crippen LogP contribution in [0.15, 0.2) is 72.8 Å². The molecule has 0 aliphatic heterocycles. The number of hydrazine groups is 1. The first-order valence-electron chi connectivity index (χ1n) is 8.46. The van der Waals surface area contributed by atoms with Gasteiger partial charge in [-0.2, -0.15) is 0 Å². The summed E-state index contributed by atoms with van der Waals surface area (Å²) in [6.45, 7) is 0. The molecule has 3 aromatic carbocycles. The number of amides is 3. The Kier molecular flexibility index (Phi) is 6.49. The fourth-order valence-electron chi connectivity index (χ4n) is 2.42. The van der Waals surface area contributed by atoms with Crippen molar-refractivity contribution in [3.05, 3.63) is 99.5 Å². The van der Waals surface area contributed by atoms with Crippen LogP contribution in [0.5, 0.6) is 0 Å². The van der Waals surface area contributed by atoms with Crippen LogP contribution in [0, 0.1) is 0 Å². The molecule has 0 spiro atoms. The Labute approximate surface area is 176 Å². The zero-order valence-corrected chi connectivity index (χ0v) is 16.4. The van der Waals surface area contributed by atoms with Crippen LogP contribution in [-0.2, 0) is 0 Å². The van der Waals surface area contributed by atoms with Crippen molar-refractivity contribution in [2.75, 3.05) is 5.32 Å². The summed E-state index contributed by atoms with van der Waals surface area (Å²) in [6, 6.07) is 19.2. The van der Waals surface area contributed by atoms with E-state index in [9.17, 15) is 14.4 Å².